The van der Waals surface area contributed by atoms with Gasteiger partial charge in [-0.15, -0.1) is 6.58 Å². The Morgan fingerprint density at radius 3 is 3.10 bits per heavy atom. The molecule has 0 radical (unpaired) electrons. The van der Waals surface area contributed by atoms with Crippen LogP contribution in [0.5, 0.6) is 0 Å². The van der Waals surface area contributed by atoms with Crippen molar-refractivity contribution >= 4 is 0 Å². The van der Waals surface area contributed by atoms with Crippen LogP contribution in [0.3, 0.4) is 0 Å². The van der Waals surface area contributed by atoms with Crippen molar-refractivity contribution in [2.45, 2.75) is 26.2 Å². The van der Waals surface area contributed by atoms with Crippen molar-refractivity contribution < 1.29 is 0 Å². The van der Waals surface area contributed by atoms with E-state index in [0.29, 0.717) is 0 Å². The van der Waals surface area contributed by atoms with E-state index in [0.717, 1.165) is 12.8 Å². The molecule has 54 valence electrons. The molecule has 0 atom stereocenters. The molecule has 1 aliphatic carbocycles. The lowest BCUT2D eigenvalue weighted by atomic mass is 10.1. The van der Waals surface area contributed by atoms with Crippen molar-refractivity contribution in [3.63, 3.8) is 0 Å². The van der Waals surface area contributed by atoms with Gasteiger partial charge in [0, 0.05) is 0 Å². The molecule has 0 amide bonds. The minimum Gasteiger partial charge on any atom is -0.103 e. The summed E-state index contributed by atoms with van der Waals surface area (Å²) < 4.78 is 0. The van der Waals surface area contributed by atoms with Gasteiger partial charge in [0.15, 0.2) is 0 Å². The van der Waals surface area contributed by atoms with E-state index < -0.39 is 0 Å². The van der Waals surface area contributed by atoms with Gasteiger partial charge in [-0.1, -0.05) is 30.7 Å². The van der Waals surface area contributed by atoms with Gasteiger partial charge in [0.25, 0.3) is 0 Å². The fourth-order valence-electron chi connectivity index (χ4n) is 1.35. The fourth-order valence-corrected chi connectivity index (χ4v) is 1.35. The van der Waals surface area contributed by atoms with E-state index in [2.05, 4.69) is 25.7 Å². The third-order valence-electron chi connectivity index (χ3n) is 1.91. The summed E-state index contributed by atoms with van der Waals surface area (Å²) in [5.74, 6) is 0. The van der Waals surface area contributed by atoms with Crippen LogP contribution >= 0.6 is 0 Å². The van der Waals surface area contributed by atoms with Crippen LogP contribution in [0.1, 0.15) is 26.2 Å². The maximum Gasteiger partial charge on any atom is -0.0127 e. The van der Waals surface area contributed by atoms with Crippen molar-refractivity contribution in [3.8, 4) is 0 Å². The van der Waals surface area contributed by atoms with Gasteiger partial charge in [0.05, 0.1) is 0 Å². The Bertz CT molecular complexity index is 182. The molecule has 0 aromatic rings. The summed E-state index contributed by atoms with van der Waals surface area (Å²) in [7, 11) is 0. The monoisotopic (exact) mass is 134 g/mol. The molecule has 0 saturated carbocycles. The van der Waals surface area contributed by atoms with Crippen molar-refractivity contribution in [2.75, 3.05) is 0 Å². The summed E-state index contributed by atoms with van der Waals surface area (Å²) in [5.41, 5.74) is 3.07. The van der Waals surface area contributed by atoms with Crippen LogP contribution in [0.25, 0.3) is 0 Å². The largest absolute Gasteiger partial charge is 0.103 e. The second kappa shape index (κ2) is 3.40. The van der Waals surface area contributed by atoms with Gasteiger partial charge in [0.2, 0.25) is 0 Å². The first-order valence-corrected chi connectivity index (χ1v) is 3.86. The number of hydrogen-bond donors (Lipinski definition) is 0. The van der Waals surface area contributed by atoms with Gasteiger partial charge in [-0.25, -0.2) is 0 Å². The molecule has 0 bridgehead atoms. The maximum atomic E-state index is 3.73. The molecular weight excluding hydrogens is 120 g/mol. The highest BCUT2D eigenvalue weighted by atomic mass is 14.1. The molecule has 0 N–H and O–H groups in total. The number of hydrogen-bond acceptors (Lipinski definition) is 0. The molecule has 0 aliphatic heterocycles. The van der Waals surface area contributed by atoms with Crippen LogP contribution in [0.4, 0.5) is 0 Å². The van der Waals surface area contributed by atoms with Crippen LogP contribution in [0, 0.1) is 0 Å². The highest BCUT2D eigenvalue weighted by Gasteiger charge is 2.04. The summed E-state index contributed by atoms with van der Waals surface area (Å²) in [6, 6.07) is 0. The molecule has 1 rings (SSSR count). The number of allylic oxidation sites excluding steroid dienone is 5. The lowest BCUT2D eigenvalue weighted by Crippen LogP contribution is -1.80. The Hall–Kier alpha value is -0.780. The molecule has 0 fully saturated rings. The van der Waals surface area contributed by atoms with E-state index in [1.54, 1.807) is 5.57 Å². The maximum absolute atomic E-state index is 3.73. The minimum absolute atomic E-state index is 1.07. The molecule has 0 aromatic heterocycles. The molecule has 0 heterocycles. The molecule has 1 aliphatic rings. The summed E-state index contributed by atoms with van der Waals surface area (Å²) in [6.07, 6.45) is 9.83. The Balaban J connectivity index is 2.64. The van der Waals surface area contributed by atoms with Crippen LogP contribution in [0.15, 0.2) is 36.0 Å². The van der Waals surface area contributed by atoms with Crippen molar-refractivity contribution in [3.05, 3.63) is 36.0 Å². The predicted octanol–water partition coefficient (Wildman–Crippen LogP) is 3.23. The Kier molecular flexibility index (Phi) is 2.49. The average molecular weight is 134 g/mol. The third kappa shape index (κ3) is 1.38. The van der Waals surface area contributed by atoms with Crippen LogP contribution in [-0.2, 0) is 0 Å². The number of rotatable bonds is 3. The van der Waals surface area contributed by atoms with Gasteiger partial charge >= 0.3 is 0 Å². The zero-order valence-electron chi connectivity index (χ0n) is 6.56. The van der Waals surface area contributed by atoms with Crippen LogP contribution in [-0.4, -0.2) is 0 Å². The Morgan fingerprint density at radius 2 is 2.50 bits per heavy atom. The van der Waals surface area contributed by atoms with Crippen LogP contribution in [0.2, 0.25) is 0 Å². The van der Waals surface area contributed by atoms with Gasteiger partial charge in [-0.05, 0) is 24.8 Å². The molecule has 0 saturated heterocycles. The Morgan fingerprint density at radius 1 is 1.70 bits per heavy atom. The van der Waals surface area contributed by atoms with Crippen LogP contribution < -0.4 is 0 Å². The zero-order valence-corrected chi connectivity index (χ0v) is 6.56. The lowest BCUT2D eigenvalue weighted by Gasteiger charge is -1.99. The Labute approximate surface area is 62.9 Å². The highest BCUT2D eigenvalue weighted by Crippen LogP contribution is 2.23. The first-order valence-electron chi connectivity index (χ1n) is 3.86. The van der Waals surface area contributed by atoms with Gasteiger partial charge < -0.3 is 0 Å². The second-order valence-corrected chi connectivity index (χ2v) is 2.58. The second-order valence-electron chi connectivity index (χ2n) is 2.58. The quantitative estimate of drug-likeness (QED) is 0.520. The van der Waals surface area contributed by atoms with E-state index >= 15 is 0 Å². The summed E-state index contributed by atoms with van der Waals surface area (Å²) in [6.45, 7) is 5.93. The first kappa shape index (κ1) is 7.33. The van der Waals surface area contributed by atoms with Crippen molar-refractivity contribution in [2.24, 2.45) is 0 Å². The van der Waals surface area contributed by atoms with E-state index in [9.17, 15) is 0 Å². The van der Waals surface area contributed by atoms with Crippen molar-refractivity contribution in [1.82, 2.24) is 0 Å². The van der Waals surface area contributed by atoms with E-state index in [4.69, 9.17) is 0 Å². The molecule has 0 spiro atoms. The lowest BCUT2D eigenvalue weighted by molar-refractivity contribution is 1.05. The minimum atomic E-state index is 1.07. The molecule has 0 unspecified atom stereocenters. The van der Waals surface area contributed by atoms with Gasteiger partial charge in [0.1, 0.15) is 0 Å². The highest BCUT2D eigenvalue weighted by molar-refractivity contribution is 5.34. The molecule has 0 aromatic carbocycles. The average Bonchev–Trinajstić information content (AvgIpc) is 2.36. The normalized spacial score (nSPS) is 16.5. The predicted molar refractivity (Wildman–Crippen MR) is 45.9 cm³/mol. The topological polar surface area (TPSA) is 0 Å². The first-order chi connectivity index (χ1) is 4.88. The van der Waals surface area contributed by atoms with Gasteiger partial charge in [-0.3, -0.25) is 0 Å². The van der Waals surface area contributed by atoms with Gasteiger partial charge in [-0.2, -0.15) is 0 Å². The summed E-state index contributed by atoms with van der Waals surface area (Å²) in [5, 5.41) is 0. The SMILES string of the molecule is C=CCC1=C(CC)C=CC1. The van der Waals surface area contributed by atoms with E-state index in [1.165, 1.54) is 12.0 Å². The van der Waals surface area contributed by atoms with Crippen molar-refractivity contribution in [1.29, 1.82) is 0 Å². The van der Waals surface area contributed by atoms with E-state index in [1.807, 2.05) is 6.08 Å². The van der Waals surface area contributed by atoms with E-state index in [-0.39, 0.29) is 0 Å². The smallest absolute Gasteiger partial charge is 0.0127 e. The standard InChI is InChI=1S/C10H14/c1-3-6-10-8-5-7-9(10)4-2/h3,5,7H,1,4,6,8H2,2H3. The molecule has 10 heavy (non-hydrogen) atoms. The molecule has 0 nitrogen and oxygen atoms in total. The summed E-state index contributed by atoms with van der Waals surface area (Å²) in [4.78, 5) is 0. The molecular formula is C10H14. The zero-order chi connectivity index (χ0) is 7.40. The molecule has 0 heteroatoms. The summed E-state index contributed by atoms with van der Waals surface area (Å²) >= 11 is 0. The fraction of sp³-hybridized carbons (Fsp3) is 0.400. The third-order valence-corrected chi connectivity index (χ3v) is 1.91.